The van der Waals surface area contributed by atoms with Gasteiger partial charge in [0.25, 0.3) is 5.91 Å². The second kappa shape index (κ2) is 10.4. The van der Waals surface area contributed by atoms with Crippen molar-refractivity contribution < 1.29 is 22.7 Å². The molecule has 2 aromatic carbocycles. The van der Waals surface area contributed by atoms with E-state index in [9.17, 15) is 18.0 Å². The molecule has 1 aliphatic rings. The molecule has 1 amide bonds. The Balaban J connectivity index is 1.58. The number of ether oxygens (including phenoxy) is 1. The maximum absolute atomic E-state index is 12.8. The van der Waals surface area contributed by atoms with Crippen LogP contribution in [0.3, 0.4) is 0 Å². The first-order valence-corrected chi connectivity index (χ1v) is 12.3. The number of hydrogen-bond acceptors (Lipinski definition) is 5. The summed E-state index contributed by atoms with van der Waals surface area (Å²) in [6, 6.07) is 11.1. The normalized spacial score (nSPS) is 15.2. The number of nitrogens with zero attached hydrogens (tertiary/aromatic N) is 1. The zero-order valence-electron chi connectivity index (χ0n) is 17.3. The fourth-order valence-corrected chi connectivity index (χ4v) is 5.43. The SMILES string of the molecule is Cc1ccc(NC(=O)COC(=O)c2ccc(S(=O)(=O)N3CCCCCC3)cc2)c(Br)c1. The van der Waals surface area contributed by atoms with Crippen LogP contribution in [-0.2, 0) is 19.6 Å². The second-order valence-electron chi connectivity index (χ2n) is 7.45. The maximum Gasteiger partial charge on any atom is 0.338 e. The molecule has 0 aromatic heterocycles. The number of amides is 1. The number of halogens is 1. The minimum Gasteiger partial charge on any atom is -0.452 e. The number of rotatable bonds is 6. The summed E-state index contributed by atoms with van der Waals surface area (Å²) < 4.78 is 32.9. The molecule has 9 heteroatoms. The first kappa shape index (κ1) is 23.4. The van der Waals surface area contributed by atoms with E-state index in [4.69, 9.17) is 4.74 Å². The van der Waals surface area contributed by atoms with Crippen LogP contribution in [0.25, 0.3) is 0 Å². The van der Waals surface area contributed by atoms with Crippen molar-refractivity contribution in [2.75, 3.05) is 25.0 Å². The summed E-state index contributed by atoms with van der Waals surface area (Å²) >= 11 is 3.37. The highest BCUT2D eigenvalue weighted by Gasteiger charge is 2.25. The Hall–Kier alpha value is -2.23. The van der Waals surface area contributed by atoms with Crippen LogP contribution in [0.5, 0.6) is 0 Å². The van der Waals surface area contributed by atoms with E-state index in [0.717, 1.165) is 35.7 Å². The van der Waals surface area contributed by atoms with E-state index in [2.05, 4.69) is 21.2 Å². The number of benzene rings is 2. The van der Waals surface area contributed by atoms with Gasteiger partial charge in [-0.25, -0.2) is 13.2 Å². The summed E-state index contributed by atoms with van der Waals surface area (Å²) in [7, 11) is -3.58. The van der Waals surface area contributed by atoms with Gasteiger partial charge in [-0.2, -0.15) is 4.31 Å². The Bertz CT molecular complexity index is 1050. The van der Waals surface area contributed by atoms with Crippen molar-refractivity contribution in [3.8, 4) is 0 Å². The van der Waals surface area contributed by atoms with Gasteiger partial charge in [-0.3, -0.25) is 4.79 Å². The third-order valence-electron chi connectivity index (χ3n) is 5.03. The minimum atomic E-state index is -3.58. The van der Waals surface area contributed by atoms with E-state index < -0.39 is 28.5 Å². The number of sulfonamides is 1. The molecule has 0 saturated carbocycles. The van der Waals surface area contributed by atoms with Crippen LogP contribution in [0.2, 0.25) is 0 Å². The third kappa shape index (κ3) is 6.15. The monoisotopic (exact) mass is 508 g/mol. The zero-order valence-corrected chi connectivity index (χ0v) is 19.7. The Labute approximate surface area is 191 Å². The van der Waals surface area contributed by atoms with Crippen molar-refractivity contribution in [3.05, 3.63) is 58.1 Å². The lowest BCUT2D eigenvalue weighted by Gasteiger charge is -2.20. The smallest absolute Gasteiger partial charge is 0.338 e. The second-order valence-corrected chi connectivity index (χ2v) is 10.2. The Morgan fingerprint density at radius 2 is 1.68 bits per heavy atom. The van der Waals surface area contributed by atoms with Gasteiger partial charge in [0, 0.05) is 17.6 Å². The Morgan fingerprint density at radius 1 is 1.03 bits per heavy atom. The van der Waals surface area contributed by atoms with Crippen molar-refractivity contribution in [3.63, 3.8) is 0 Å². The van der Waals surface area contributed by atoms with E-state index in [1.807, 2.05) is 19.1 Å². The van der Waals surface area contributed by atoms with Gasteiger partial charge < -0.3 is 10.1 Å². The van der Waals surface area contributed by atoms with Crippen LogP contribution in [0, 0.1) is 6.92 Å². The summed E-state index contributed by atoms with van der Waals surface area (Å²) in [4.78, 5) is 24.5. The number of nitrogens with one attached hydrogen (secondary N) is 1. The van der Waals surface area contributed by atoms with Crippen molar-refractivity contribution in [1.29, 1.82) is 0 Å². The quantitative estimate of drug-likeness (QED) is 0.592. The molecule has 31 heavy (non-hydrogen) atoms. The first-order valence-electron chi connectivity index (χ1n) is 10.1. The highest BCUT2D eigenvalue weighted by Crippen LogP contribution is 2.23. The molecule has 0 bridgehead atoms. The Morgan fingerprint density at radius 3 is 2.29 bits per heavy atom. The van der Waals surface area contributed by atoms with Crippen LogP contribution in [0.4, 0.5) is 5.69 Å². The molecule has 3 rings (SSSR count). The van der Waals surface area contributed by atoms with Crippen LogP contribution in [0.15, 0.2) is 51.8 Å². The van der Waals surface area contributed by atoms with E-state index in [0.29, 0.717) is 18.8 Å². The number of carbonyl (C=O) groups is 2. The molecule has 0 unspecified atom stereocenters. The van der Waals surface area contributed by atoms with E-state index in [-0.39, 0.29) is 10.5 Å². The molecule has 1 N–H and O–H groups in total. The van der Waals surface area contributed by atoms with Gasteiger partial charge in [-0.15, -0.1) is 0 Å². The van der Waals surface area contributed by atoms with Crippen LogP contribution in [0.1, 0.15) is 41.6 Å². The van der Waals surface area contributed by atoms with Gasteiger partial charge in [-0.05, 0) is 77.7 Å². The van der Waals surface area contributed by atoms with E-state index in [1.54, 1.807) is 6.07 Å². The van der Waals surface area contributed by atoms with Crippen LogP contribution in [-0.4, -0.2) is 44.3 Å². The molecule has 1 aliphatic heterocycles. The predicted molar refractivity (Wildman–Crippen MR) is 121 cm³/mol. The predicted octanol–water partition coefficient (Wildman–Crippen LogP) is 4.12. The van der Waals surface area contributed by atoms with Crippen LogP contribution >= 0.6 is 15.9 Å². The van der Waals surface area contributed by atoms with Gasteiger partial charge in [-0.1, -0.05) is 18.9 Å². The molecular formula is C22H25BrN2O5S. The number of esters is 1. The average Bonchev–Trinajstić information content (AvgIpc) is 3.04. The molecule has 0 atom stereocenters. The molecule has 0 radical (unpaired) electrons. The van der Waals surface area contributed by atoms with E-state index in [1.165, 1.54) is 28.6 Å². The molecule has 7 nitrogen and oxygen atoms in total. The summed E-state index contributed by atoms with van der Waals surface area (Å²) in [6.45, 7) is 2.51. The molecule has 1 heterocycles. The zero-order chi connectivity index (χ0) is 22.4. The molecule has 1 fully saturated rings. The molecule has 2 aromatic rings. The first-order chi connectivity index (χ1) is 14.8. The largest absolute Gasteiger partial charge is 0.452 e. The molecule has 0 spiro atoms. The molecule has 1 saturated heterocycles. The van der Waals surface area contributed by atoms with Gasteiger partial charge in [0.1, 0.15) is 0 Å². The van der Waals surface area contributed by atoms with Crippen molar-refractivity contribution >= 4 is 43.5 Å². The van der Waals surface area contributed by atoms with Gasteiger partial charge in [0.15, 0.2) is 6.61 Å². The standard InChI is InChI=1S/C22H25BrN2O5S/c1-16-6-11-20(19(23)14-16)24-21(26)15-30-22(27)17-7-9-18(10-8-17)31(28,29)25-12-4-2-3-5-13-25/h6-11,14H,2-5,12-13,15H2,1H3,(H,24,26). The number of aryl methyl sites for hydroxylation is 1. The lowest BCUT2D eigenvalue weighted by Crippen LogP contribution is -2.31. The Kier molecular flexibility index (Phi) is 7.85. The van der Waals surface area contributed by atoms with Gasteiger partial charge >= 0.3 is 5.97 Å². The van der Waals surface area contributed by atoms with Crippen molar-refractivity contribution in [1.82, 2.24) is 4.31 Å². The van der Waals surface area contributed by atoms with Crippen molar-refractivity contribution in [2.24, 2.45) is 0 Å². The number of carbonyl (C=O) groups excluding carboxylic acids is 2. The number of hydrogen-bond donors (Lipinski definition) is 1. The van der Waals surface area contributed by atoms with Gasteiger partial charge in [0.05, 0.1) is 16.1 Å². The summed E-state index contributed by atoms with van der Waals surface area (Å²) in [5.41, 5.74) is 1.80. The summed E-state index contributed by atoms with van der Waals surface area (Å²) in [5, 5.41) is 2.67. The fourth-order valence-electron chi connectivity index (χ4n) is 3.32. The lowest BCUT2D eigenvalue weighted by atomic mass is 10.2. The topological polar surface area (TPSA) is 92.8 Å². The van der Waals surface area contributed by atoms with Gasteiger partial charge in [0.2, 0.25) is 10.0 Å². The fraction of sp³-hybridized carbons (Fsp3) is 0.364. The third-order valence-corrected chi connectivity index (χ3v) is 7.59. The van der Waals surface area contributed by atoms with Crippen molar-refractivity contribution in [2.45, 2.75) is 37.5 Å². The molecule has 166 valence electrons. The average molecular weight is 509 g/mol. The summed E-state index contributed by atoms with van der Waals surface area (Å²) in [5.74, 6) is -1.17. The minimum absolute atomic E-state index is 0.146. The van der Waals surface area contributed by atoms with E-state index >= 15 is 0 Å². The highest BCUT2D eigenvalue weighted by atomic mass is 79.9. The molecule has 0 aliphatic carbocycles. The molecular weight excluding hydrogens is 484 g/mol. The highest BCUT2D eigenvalue weighted by molar-refractivity contribution is 9.10. The number of anilines is 1. The summed E-state index contributed by atoms with van der Waals surface area (Å²) in [6.07, 6.45) is 3.77. The van der Waals surface area contributed by atoms with Crippen LogP contribution < -0.4 is 5.32 Å². The lowest BCUT2D eigenvalue weighted by molar-refractivity contribution is -0.119. The maximum atomic E-state index is 12.8.